The van der Waals surface area contributed by atoms with Crippen LogP contribution in [0.5, 0.6) is 0 Å². The number of carbonyl (C=O) groups is 1. The minimum atomic E-state index is -3.55. The Bertz CT molecular complexity index is 473. The fourth-order valence-corrected chi connectivity index (χ4v) is 1.68. The van der Waals surface area contributed by atoms with Crippen molar-refractivity contribution in [2.24, 2.45) is 4.40 Å². The highest BCUT2D eigenvalue weighted by Crippen LogP contribution is 2.19. The van der Waals surface area contributed by atoms with Gasteiger partial charge in [-0.1, -0.05) is 23.2 Å². The Labute approximate surface area is 91.0 Å². The van der Waals surface area contributed by atoms with E-state index in [-0.39, 0.29) is 15.8 Å². The van der Waals surface area contributed by atoms with Gasteiger partial charge in [0.05, 0.1) is 22.0 Å². The number of hydrogen-bond donors (Lipinski definition) is 0. The van der Waals surface area contributed by atoms with Crippen LogP contribution < -0.4 is 0 Å². The van der Waals surface area contributed by atoms with Gasteiger partial charge in [0.1, 0.15) is 0 Å². The van der Waals surface area contributed by atoms with Gasteiger partial charge in [-0.15, -0.1) is 0 Å². The number of halogens is 2. The van der Waals surface area contributed by atoms with E-state index in [9.17, 15) is 13.2 Å². The maximum Gasteiger partial charge on any atom is 0.250 e. The van der Waals surface area contributed by atoms with E-state index in [1.165, 1.54) is 0 Å². The van der Waals surface area contributed by atoms with Crippen molar-refractivity contribution in [3.05, 3.63) is 22.2 Å². The third-order valence-corrected chi connectivity index (χ3v) is 2.39. The van der Waals surface area contributed by atoms with Crippen LogP contribution in [0.1, 0.15) is 0 Å². The molecule has 0 saturated heterocycles. The molecule has 14 heavy (non-hydrogen) atoms. The van der Waals surface area contributed by atoms with E-state index >= 15 is 0 Å². The Kier molecular flexibility index (Phi) is 3.14. The molecule has 0 bridgehead atoms. The van der Waals surface area contributed by atoms with E-state index in [1.54, 1.807) is 0 Å². The van der Waals surface area contributed by atoms with Crippen LogP contribution in [0.15, 0.2) is 26.6 Å². The predicted octanol–water partition coefficient (Wildman–Crippen LogP) is 1.22. The predicted molar refractivity (Wildman–Crippen MR) is 55.2 cm³/mol. The van der Waals surface area contributed by atoms with Crippen molar-refractivity contribution in [1.82, 2.24) is 0 Å². The van der Waals surface area contributed by atoms with E-state index in [0.29, 0.717) is 0 Å². The first-order chi connectivity index (χ1) is 6.29. The smallest absolute Gasteiger partial charge is 0.250 e. The Hall–Kier alpha value is -0.650. The van der Waals surface area contributed by atoms with Crippen LogP contribution in [0.25, 0.3) is 0 Å². The molecule has 7 heteroatoms. The van der Waals surface area contributed by atoms with Crippen LogP contribution >= 0.6 is 23.2 Å². The van der Waals surface area contributed by atoms with Gasteiger partial charge in [0.2, 0.25) is 0 Å². The molecule has 1 aliphatic rings. The lowest BCUT2D eigenvalue weighted by Gasteiger charge is -2.05. The first-order valence-corrected chi connectivity index (χ1v) is 5.99. The van der Waals surface area contributed by atoms with Gasteiger partial charge in [-0.25, -0.2) is 8.42 Å². The molecule has 0 radical (unpaired) electrons. The van der Waals surface area contributed by atoms with Gasteiger partial charge < -0.3 is 0 Å². The molecule has 0 N–H and O–H groups in total. The summed E-state index contributed by atoms with van der Waals surface area (Å²) >= 11 is 11.1. The van der Waals surface area contributed by atoms with Gasteiger partial charge in [-0.3, -0.25) is 4.79 Å². The summed E-state index contributed by atoms with van der Waals surface area (Å²) in [5.41, 5.74) is -0.0289. The number of sulfonamides is 1. The number of hydrogen-bond acceptors (Lipinski definition) is 3. The normalized spacial score (nSPS) is 20.8. The van der Waals surface area contributed by atoms with E-state index in [4.69, 9.17) is 23.2 Å². The second kappa shape index (κ2) is 3.84. The summed E-state index contributed by atoms with van der Waals surface area (Å²) < 4.78 is 24.9. The fourth-order valence-electron chi connectivity index (χ4n) is 0.767. The zero-order valence-corrected chi connectivity index (χ0v) is 9.32. The monoisotopic (exact) mass is 253 g/mol. The third-order valence-electron chi connectivity index (χ3n) is 1.27. The average molecular weight is 254 g/mol. The Balaban J connectivity index is 3.22. The molecule has 4 nitrogen and oxygen atoms in total. The second-order valence-electron chi connectivity index (χ2n) is 2.56. The van der Waals surface area contributed by atoms with Gasteiger partial charge in [-0.2, -0.15) is 4.40 Å². The zero-order valence-electron chi connectivity index (χ0n) is 6.99. The first kappa shape index (κ1) is 11.4. The highest BCUT2D eigenvalue weighted by atomic mass is 35.5. The molecular weight excluding hydrogens is 249 g/mol. The molecule has 0 aromatic rings. The third kappa shape index (κ3) is 2.94. The molecular formula is C7H5Cl2NO3S. The molecule has 0 saturated carbocycles. The molecule has 0 amide bonds. The number of ketones is 1. The highest BCUT2D eigenvalue weighted by Gasteiger charge is 2.17. The summed E-state index contributed by atoms with van der Waals surface area (Å²) in [6.07, 6.45) is 3.06. The lowest BCUT2D eigenvalue weighted by molar-refractivity contribution is -0.110. The van der Waals surface area contributed by atoms with Crippen LogP contribution in [-0.4, -0.2) is 26.2 Å². The highest BCUT2D eigenvalue weighted by molar-refractivity contribution is 7.89. The first-order valence-electron chi connectivity index (χ1n) is 3.38. The van der Waals surface area contributed by atoms with Crippen molar-refractivity contribution in [3.8, 4) is 0 Å². The van der Waals surface area contributed by atoms with Crippen molar-refractivity contribution in [1.29, 1.82) is 0 Å². The van der Waals surface area contributed by atoms with E-state index in [0.717, 1.165) is 18.4 Å². The number of carbonyl (C=O) groups excluding carboxylic acids is 1. The van der Waals surface area contributed by atoms with E-state index < -0.39 is 15.8 Å². The van der Waals surface area contributed by atoms with Crippen molar-refractivity contribution in [2.75, 3.05) is 6.26 Å². The molecule has 0 atom stereocenters. The molecule has 0 spiro atoms. The molecule has 1 aliphatic carbocycles. The zero-order chi connectivity index (χ0) is 10.9. The SMILES string of the molecule is CS(=O)(=O)/N=C1\C=C(Cl)C(=O)C=C1Cl. The van der Waals surface area contributed by atoms with Gasteiger partial charge in [-0.05, 0) is 6.08 Å². The van der Waals surface area contributed by atoms with Crippen LogP contribution in [0.2, 0.25) is 0 Å². The summed E-state index contributed by atoms with van der Waals surface area (Å²) in [6.45, 7) is 0. The molecule has 1 rings (SSSR count). The van der Waals surface area contributed by atoms with Gasteiger partial charge >= 0.3 is 0 Å². The Morgan fingerprint density at radius 2 is 1.79 bits per heavy atom. The summed E-state index contributed by atoms with van der Waals surface area (Å²) in [5.74, 6) is -0.468. The summed E-state index contributed by atoms with van der Waals surface area (Å²) in [7, 11) is -3.55. The Morgan fingerprint density at radius 1 is 1.21 bits per heavy atom. The fraction of sp³-hybridized carbons (Fsp3) is 0.143. The van der Waals surface area contributed by atoms with E-state index in [2.05, 4.69) is 4.40 Å². The number of allylic oxidation sites excluding steroid dienone is 4. The molecule has 0 heterocycles. The summed E-state index contributed by atoms with van der Waals surface area (Å²) in [6, 6.07) is 0. The number of nitrogens with zero attached hydrogens (tertiary/aromatic N) is 1. The lowest BCUT2D eigenvalue weighted by atomic mass is 10.1. The van der Waals surface area contributed by atoms with Crippen molar-refractivity contribution < 1.29 is 13.2 Å². The molecule has 76 valence electrons. The maximum absolute atomic E-state index is 11.0. The van der Waals surface area contributed by atoms with Crippen molar-refractivity contribution >= 4 is 44.7 Å². The molecule has 0 aliphatic heterocycles. The summed E-state index contributed by atoms with van der Waals surface area (Å²) in [4.78, 5) is 11.0. The van der Waals surface area contributed by atoms with Gasteiger partial charge in [0, 0.05) is 6.08 Å². The van der Waals surface area contributed by atoms with Crippen LogP contribution in [-0.2, 0) is 14.8 Å². The topological polar surface area (TPSA) is 63.6 Å². The second-order valence-corrected chi connectivity index (χ2v) is 5.02. The van der Waals surface area contributed by atoms with Crippen molar-refractivity contribution in [3.63, 3.8) is 0 Å². The number of rotatable bonds is 1. The molecule has 0 fully saturated rings. The Morgan fingerprint density at radius 3 is 2.29 bits per heavy atom. The van der Waals surface area contributed by atoms with Gasteiger partial charge in [0.25, 0.3) is 10.0 Å². The van der Waals surface area contributed by atoms with E-state index in [1.807, 2.05) is 0 Å². The average Bonchev–Trinajstić information content (AvgIpc) is 1.97. The van der Waals surface area contributed by atoms with Gasteiger partial charge in [0.15, 0.2) is 5.78 Å². The minimum Gasteiger partial charge on any atom is -0.288 e. The van der Waals surface area contributed by atoms with Crippen LogP contribution in [0.3, 0.4) is 0 Å². The molecule has 0 aromatic carbocycles. The molecule has 0 unspecified atom stereocenters. The maximum atomic E-state index is 11.0. The summed E-state index contributed by atoms with van der Waals surface area (Å²) in [5, 5.41) is -0.151. The van der Waals surface area contributed by atoms with Crippen LogP contribution in [0, 0.1) is 0 Å². The quantitative estimate of drug-likeness (QED) is 0.661. The minimum absolute atomic E-state index is 0.0289. The largest absolute Gasteiger partial charge is 0.288 e. The standard InChI is InChI=1S/C7H5Cl2NO3S/c1-14(12,13)10-6-2-5(9)7(11)3-4(6)8/h2-3H,1H3/b10-6+. The van der Waals surface area contributed by atoms with Crippen molar-refractivity contribution in [2.45, 2.75) is 0 Å². The molecule has 0 aromatic heterocycles. The van der Waals surface area contributed by atoms with Crippen LogP contribution in [0.4, 0.5) is 0 Å². The lowest BCUT2D eigenvalue weighted by Crippen LogP contribution is -2.09.